The van der Waals surface area contributed by atoms with E-state index in [1.807, 2.05) is 44.4 Å². The predicted molar refractivity (Wildman–Crippen MR) is 118 cm³/mol. The molecular weight excluding hydrogens is 380 g/mol. The number of hydrogen-bond acceptors (Lipinski definition) is 6. The van der Waals surface area contributed by atoms with Crippen LogP contribution < -0.4 is 4.90 Å². The maximum atomic E-state index is 13.2. The fraction of sp³-hybridized carbons (Fsp3) is 0.391. The van der Waals surface area contributed by atoms with Crippen LogP contribution in [0.3, 0.4) is 0 Å². The molecule has 3 aromatic rings. The van der Waals surface area contributed by atoms with E-state index in [0.29, 0.717) is 24.7 Å². The zero-order chi connectivity index (χ0) is 21.5. The standard InChI is InChI=1S/C23H30N4O3/c1-5-26(6-2)23-19(21(24-30-23)18-11-8-7-9-12-18)17-27(15-14-25(3)4)22(28)20-13-10-16-29-20/h7-13,16H,5-6,14-15,17H2,1-4H3. The lowest BCUT2D eigenvalue weighted by Crippen LogP contribution is -2.36. The Hall–Kier alpha value is -3.06. The van der Waals surface area contributed by atoms with Crippen LogP contribution in [0.5, 0.6) is 0 Å². The maximum Gasteiger partial charge on any atom is 0.289 e. The molecule has 0 spiro atoms. The maximum absolute atomic E-state index is 13.2. The molecule has 7 nitrogen and oxygen atoms in total. The monoisotopic (exact) mass is 410 g/mol. The molecule has 0 unspecified atom stereocenters. The van der Waals surface area contributed by atoms with Gasteiger partial charge in [-0.3, -0.25) is 4.79 Å². The number of furan rings is 1. The van der Waals surface area contributed by atoms with Gasteiger partial charge in [-0.1, -0.05) is 35.5 Å². The van der Waals surface area contributed by atoms with E-state index in [-0.39, 0.29) is 5.91 Å². The summed E-state index contributed by atoms with van der Waals surface area (Å²) in [5, 5.41) is 4.39. The Kier molecular flexibility index (Phi) is 7.30. The first-order valence-corrected chi connectivity index (χ1v) is 10.3. The van der Waals surface area contributed by atoms with Crippen LogP contribution in [0.2, 0.25) is 0 Å². The number of carbonyl (C=O) groups is 1. The molecule has 1 aromatic carbocycles. The minimum absolute atomic E-state index is 0.146. The molecule has 2 aromatic heterocycles. The molecule has 0 atom stereocenters. The topological polar surface area (TPSA) is 66.0 Å². The Morgan fingerprint density at radius 1 is 1.00 bits per heavy atom. The Morgan fingerprint density at radius 3 is 2.33 bits per heavy atom. The van der Waals surface area contributed by atoms with E-state index in [1.165, 1.54) is 6.26 Å². The molecule has 3 rings (SSSR count). The smallest absolute Gasteiger partial charge is 0.289 e. The lowest BCUT2D eigenvalue weighted by Gasteiger charge is -2.25. The third-order valence-electron chi connectivity index (χ3n) is 5.05. The molecule has 0 aliphatic carbocycles. The lowest BCUT2D eigenvalue weighted by atomic mass is 10.1. The van der Waals surface area contributed by atoms with Crippen molar-refractivity contribution in [3.05, 3.63) is 60.1 Å². The molecule has 0 saturated heterocycles. The van der Waals surface area contributed by atoms with Gasteiger partial charge in [-0.2, -0.15) is 0 Å². The number of carbonyl (C=O) groups excluding carboxylic acids is 1. The Morgan fingerprint density at radius 2 is 1.73 bits per heavy atom. The summed E-state index contributed by atoms with van der Waals surface area (Å²) in [7, 11) is 3.98. The molecule has 30 heavy (non-hydrogen) atoms. The number of likely N-dealkylation sites (N-methyl/N-ethyl adjacent to an activating group) is 1. The van der Waals surface area contributed by atoms with Crippen molar-refractivity contribution in [3.8, 4) is 11.3 Å². The highest BCUT2D eigenvalue weighted by atomic mass is 16.5. The summed E-state index contributed by atoms with van der Waals surface area (Å²) >= 11 is 0. The van der Waals surface area contributed by atoms with Crippen molar-refractivity contribution < 1.29 is 13.7 Å². The molecule has 0 aliphatic rings. The largest absolute Gasteiger partial charge is 0.459 e. The second kappa shape index (κ2) is 10.1. The second-order valence-corrected chi connectivity index (χ2v) is 7.36. The van der Waals surface area contributed by atoms with E-state index in [2.05, 4.69) is 28.8 Å². The minimum Gasteiger partial charge on any atom is -0.459 e. The number of amides is 1. The second-order valence-electron chi connectivity index (χ2n) is 7.36. The van der Waals surface area contributed by atoms with Crippen LogP contribution in [0.4, 0.5) is 5.88 Å². The molecule has 2 heterocycles. The zero-order valence-electron chi connectivity index (χ0n) is 18.2. The molecule has 0 aliphatic heterocycles. The van der Waals surface area contributed by atoms with Gasteiger partial charge in [0.15, 0.2) is 5.76 Å². The Labute approximate surface area is 177 Å². The van der Waals surface area contributed by atoms with E-state index >= 15 is 0 Å². The molecule has 7 heteroatoms. The van der Waals surface area contributed by atoms with E-state index in [0.717, 1.165) is 36.5 Å². The molecule has 0 radical (unpaired) electrons. The summed E-state index contributed by atoms with van der Waals surface area (Å²) in [6, 6.07) is 13.4. The molecular formula is C23H30N4O3. The molecule has 0 fully saturated rings. The molecule has 0 saturated carbocycles. The summed E-state index contributed by atoms with van der Waals surface area (Å²) in [6.45, 7) is 7.41. The summed E-state index contributed by atoms with van der Waals surface area (Å²) in [4.78, 5) is 19.1. The number of aromatic nitrogens is 1. The molecule has 160 valence electrons. The first-order chi connectivity index (χ1) is 14.5. The highest BCUT2D eigenvalue weighted by Gasteiger charge is 2.26. The van der Waals surface area contributed by atoms with Gasteiger partial charge in [0.1, 0.15) is 5.69 Å². The van der Waals surface area contributed by atoms with Crippen molar-refractivity contribution in [2.75, 3.05) is 45.2 Å². The van der Waals surface area contributed by atoms with Gasteiger partial charge in [0, 0.05) is 31.7 Å². The van der Waals surface area contributed by atoms with Gasteiger partial charge in [0.2, 0.25) is 5.88 Å². The number of rotatable bonds is 10. The normalized spacial score (nSPS) is 11.1. The van der Waals surface area contributed by atoms with Crippen LogP contribution in [0, 0.1) is 0 Å². The van der Waals surface area contributed by atoms with Crippen molar-refractivity contribution >= 4 is 11.8 Å². The first-order valence-electron chi connectivity index (χ1n) is 10.3. The average molecular weight is 411 g/mol. The predicted octanol–water partition coefficient (Wildman–Crippen LogP) is 3.98. The third kappa shape index (κ3) is 4.91. The quantitative estimate of drug-likeness (QED) is 0.504. The molecule has 0 bridgehead atoms. The third-order valence-corrected chi connectivity index (χ3v) is 5.05. The van der Waals surface area contributed by atoms with E-state index < -0.39 is 0 Å². The van der Waals surface area contributed by atoms with Crippen LogP contribution in [0.15, 0.2) is 57.7 Å². The lowest BCUT2D eigenvalue weighted by molar-refractivity contribution is 0.0700. The van der Waals surface area contributed by atoms with E-state index in [4.69, 9.17) is 8.94 Å². The van der Waals surface area contributed by atoms with Gasteiger partial charge in [0.05, 0.1) is 18.4 Å². The summed E-state index contributed by atoms with van der Waals surface area (Å²) < 4.78 is 11.2. The van der Waals surface area contributed by atoms with Gasteiger partial charge in [-0.15, -0.1) is 0 Å². The number of anilines is 1. The van der Waals surface area contributed by atoms with Gasteiger partial charge in [-0.05, 0) is 40.1 Å². The van der Waals surface area contributed by atoms with Crippen LogP contribution in [-0.4, -0.2) is 61.1 Å². The first kappa shape index (κ1) is 21.6. The van der Waals surface area contributed by atoms with Gasteiger partial charge >= 0.3 is 0 Å². The summed E-state index contributed by atoms with van der Waals surface area (Å²) in [6.07, 6.45) is 1.52. The minimum atomic E-state index is -0.146. The summed E-state index contributed by atoms with van der Waals surface area (Å²) in [5.74, 6) is 0.893. The number of nitrogens with zero attached hydrogens (tertiary/aromatic N) is 4. The van der Waals surface area contributed by atoms with Gasteiger partial charge in [-0.25, -0.2) is 0 Å². The van der Waals surface area contributed by atoms with Crippen molar-refractivity contribution in [2.45, 2.75) is 20.4 Å². The fourth-order valence-corrected chi connectivity index (χ4v) is 3.35. The van der Waals surface area contributed by atoms with E-state index in [1.54, 1.807) is 17.0 Å². The Balaban J connectivity index is 2.01. The van der Waals surface area contributed by atoms with E-state index in [9.17, 15) is 4.79 Å². The average Bonchev–Trinajstić information content (AvgIpc) is 3.43. The van der Waals surface area contributed by atoms with Crippen LogP contribution in [0.1, 0.15) is 30.0 Å². The highest BCUT2D eigenvalue weighted by molar-refractivity contribution is 5.91. The van der Waals surface area contributed by atoms with Gasteiger partial charge < -0.3 is 23.6 Å². The number of benzene rings is 1. The van der Waals surface area contributed by atoms with Crippen LogP contribution in [-0.2, 0) is 6.54 Å². The zero-order valence-corrected chi connectivity index (χ0v) is 18.2. The molecule has 0 N–H and O–H groups in total. The van der Waals surface area contributed by atoms with Crippen molar-refractivity contribution in [1.29, 1.82) is 0 Å². The van der Waals surface area contributed by atoms with Crippen LogP contribution in [0.25, 0.3) is 11.3 Å². The summed E-state index contributed by atoms with van der Waals surface area (Å²) in [5.41, 5.74) is 2.64. The Bertz CT molecular complexity index is 915. The highest BCUT2D eigenvalue weighted by Crippen LogP contribution is 2.32. The SMILES string of the molecule is CCN(CC)c1onc(-c2ccccc2)c1CN(CCN(C)C)C(=O)c1ccco1. The van der Waals surface area contributed by atoms with Gasteiger partial charge in [0.25, 0.3) is 5.91 Å². The van der Waals surface area contributed by atoms with Crippen molar-refractivity contribution in [2.24, 2.45) is 0 Å². The fourth-order valence-electron chi connectivity index (χ4n) is 3.35. The number of hydrogen-bond donors (Lipinski definition) is 0. The van der Waals surface area contributed by atoms with Crippen LogP contribution >= 0.6 is 0 Å². The van der Waals surface area contributed by atoms with Crippen molar-refractivity contribution in [1.82, 2.24) is 15.0 Å². The molecule has 1 amide bonds. The van der Waals surface area contributed by atoms with Crippen molar-refractivity contribution in [3.63, 3.8) is 0 Å².